The van der Waals surface area contributed by atoms with Crippen LogP contribution in [-0.4, -0.2) is 48.4 Å². The Balaban J connectivity index is 1.74. The second-order valence-electron chi connectivity index (χ2n) is 6.48. The minimum Gasteiger partial charge on any atom is -0.353 e. The van der Waals surface area contributed by atoms with Crippen molar-refractivity contribution in [3.63, 3.8) is 0 Å². The molecule has 1 aliphatic heterocycles. The van der Waals surface area contributed by atoms with E-state index in [1.807, 2.05) is 49.1 Å². The number of nitrogens with one attached hydrogen (secondary N) is 3. The molecule has 1 atom stereocenters. The number of hydrogen-bond donors (Lipinski definition) is 3. The third-order valence-electron chi connectivity index (χ3n) is 4.17. The number of hydrogen-bond acceptors (Lipinski definition) is 4. The highest BCUT2D eigenvalue weighted by Crippen LogP contribution is 2.14. The topological polar surface area (TPSA) is 90.5 Å². The Morgan fingerprint density at radius 1 is 1.28 bits per heavy atom. The fourth-order valence-corrected chi connectivity index (χ4v) is 2.96. The molecule has 25 heavy (non-hydrogen) atoms. The molecule has 1 fully saturated rings. The molecule has 3 N–H and O–H groups in total. The summed E-state index contributed by atoms with van der Waals surface area (Å²) >= 11 is 0. The van der Waals surface area contributed by atoms with Gasteiger partial charge in [-0.25, -0.2) is 4.79 Å². The van der Waals surface area contributed by atoms with Crippen molar-refractivity contribution in [3.05, 3.63) is 35.9 Å². The summed E-state index contributed by atoms with van der Waals surface area (Å²) in [5.41, 5.74) is 0.962. The second kappa shape index (κ2) is 9.17. The molecular weight excluding hydrogens is 320 g/mol. The molecule has 1 aliphatic rings. The number of imide groups is 1. The van der Waals surface area contributed by atoms with Crippen molar-refractivity contribution in [2.75, 3.05) is 19.6 Å². The first-order chi connectivity index (χ1) is 12.0. The van der Waals surface area contributed by atoms with E-state index in [-0.39, 0.29) is 30.2 Å². The van der Waals surface area contributed by atoms with Gasteiger partial charge in [0.2, 0.25) is 11.8 Å². The predicted octanol–water partition coefficient (Wildman–Crippen LogP) is 0.859. The molecule has 136 valence electrons. The van der Waals surface area contributed by atoms with E-state index < -0.39 is 6.03 Å². The lowest BCUT2D eigenvalue weighted by Gasteiger charge is -2.37. The van der Waals surface area contributed by atoms with Crippen LogP contribution < -0.4 is 16.0 Å². The molecule has 1 aromatic rings. The fourth-order valence-electron chi connectivity index (χ4n) is 2.96. The fraction of sp³-hybridized carbons (Fsp3) is 0.500. The summed E-state index contributed by atoms with van der Waals surface area (Å²) in [7, 11) is 0. The van der Waals surface area contributed by atoms with E-state index in [9.17, 15) is 14.4 Å². The Morgan fingerprint density at radius 2 is 2.00 bits per heavy atom. The molecule has 2 rings (SSSR count). The van der Waals surface area contributed by atoms with Gasteiger partial charge < -0.3 is 10.6 Å². The molecule has 7 nitrogen and oxygen atoms in total. The molecule has 0 spiro atoms. The maximum atomic E-state index is 12.0. The molecule has 1 saturated heterocycles. The summed E-state index contributed by atoms with van der Waals surface area (Å²) in [6.45, 7) is 6.08. The van der Waals surface area contributed by atoms with Gasteiger partial charge in [0.25, 0.3) is 0 Å². The van der Waals surface area contributed by atoms with Crippen LogP contribution in [0.5, 0.6) is 0 Å². The zero-order chi connectivity index (χ0) is 18.2. The average molecular weight is 346 g/mol. The van der Waals surface area contributed by atoms with Gasteiger partial charge in [-0.3, -0.25) is 19.8 Å². The minimum absolute atomic E-state index is 0.00209. The zero-order valence-corrected chi connectivity index (χ0v) is 14.7. The third-order valence-corrected chi connectivity index (χ3v) is 4.17. The van der Waals surface area contributed by atoms with Gasteiger partial charge >= 0.3 is 6.03 Å². The normalized spacial score (nSPS) is 17.9. The summed E-state index contributed by atoms with van der Waals surface area (Å²) in [5.74, 6) is -0.182. The van der Waals surface area contributed by atoms with Crippen molar-refractivity contribution >= 4 is 17.8 Å². The van der Waals surface area contributed by atoms with Gasteiger partial charge in [0.05, 0.1) is 6.04 Å². The smallest absolute Gasteiger partial charge is 0.321 e. The van der Waals surface area contributed by atoms with Gasteiger partial charge in [-0.2, -0.15) is 0 Å². The highest BCUT2D eigenvalue weighted by atomic mass is 16.2. The summed E-state index contributed by atoms with van der Waals surface area (Å²) in [5, 5.41) is 7.83. The molecule has 0 aromatic heterocycles. The van der Waals surface area contributed by atoms with Gasteiger partial charge in [0.15, 0.2) is 0 Å². The first-order valence-corrected chi connectivity index (χ1v) is 8.60. The first kappa shape index (κ1) is 18.9. The number of rotatable bonds is 6. The van der Waals surface area contributed by atoms with Crippen LogP contribution in [-0.2, 0) is 16.1 Å². The first-order valence-electron chi connectivity index (χ1n) is 8.60. The minimum atomic E-state index is -0.509. The van der Waals surface area contributed by atoms with Crippen LogP contribution in [0, 0.1) is 5.92 Å². The zero-order valence-electron chi connectivity index (χ0n) is 14.7. The standard InChI is InChI=1S/C18H26N4O3/c1-13(2)16-17(24)19-9-11-22(16)10-8-15(23)21-18(25)20-12-14-6-4-3-5-7-14/h3-7,13,16H,8-12H2,1-2H3,(H,19,24)(H2,20,21,23,25)/t16-/m0/s1. The molecule has 0 radical (unpaired) electrons. The molecule has 1 heterocycles. The van der Waals surface area contributed by atoms with Gasteiger partial charge in [0, 0.05) is 32.6 Å². The summed E-state index contributed by atoms with van der Waals surface area (Å²) < 4.78 is 0. The maximum absolute atomic E-state index is 12.0. The van der Waals surface area contributed by atoms with E-state index in [1.54, 1.807) is 0 Å². The highest BCUT2D eigenvalue weighted by Gasteiger charge is 2.32. The average Bonchev–Trinajstić information content (AvgIpc) is 2.58. The van der Waals surface area contributed by atoms with Crippen molar-refractivity contribution in [2.24, 2.45) is 5.92 Å². The Hall–Kier alpha value is -2.41. The van der Waals surface area contributed by atoms with Crippen molar-refractivity contribution in [1.82, 2.24) is 20.9 Å². The predicted molar refractivity (Wildman–Crippen MR) is 94.6 cm³/mol. The van der Waals surface area contributed by atoms with Crippen molar-refractivity contribution in [2.45, 2.75) is 32.9 Å². The van der Waals surface area contributed by atoms with Crippen LogP contribution in [0.3, 0.4) is 0 Å². The van der Waals surface area contributed by atoms with E-state index in [0.717, 1.165) is 5.56 Å². The van der Waals surface area contributed by atoms with Crippen molar-refractivity contribution in [3.8, 4) is 0 Å². The number of benzene rings is 1. The van der Waals surface area contributed by atoms with Crippen molar-refractivity contribution < 1.29 is 14.4 Å². The van der Waals surface area contributed by atoms with Crippen LogP contribution in [0.25, 0.3) is 0 Å². The van der Waals surface area contributed by atoms with Crippen LogP contribution in [0.1, 0.15) is 25.8 Å². The Morgan fingerprint density at radius 3 is 2.68 bits per heavy atom. The van der Waals surface area contributed by atoms with Gasteiger partial charge in [-0.1, -0.05) is 44.2 Å². The van der Waals surface area contributed by atoms with E-state index in [1.165, 1.54) is 0 Å². The van der Waals surface area contributed by atoms with E-state index >= 15 is 0 Å². The molecule has 0 unspecified atom stereocenters. The van der Waals surface area contributed by atoms with E-state index in [4.69, 9.17) is 0 Å². The number of nitrogens with zero attached hydrogens (tertiary/aromatic N) is 1. The maximum Gasteiger partial charge on any atom is 0.321 e. The highest BCUT2D eigenvalue weighted by molar-refractivity contribution is 5.94. The van der Waals surface area contributed by atoms with Crippen LogP contribution in [0.15, 0.2) is 30.3 Å². The lowest BCUT2D eigenvalue weighted by Crippen LogP contribution is -2.57. The Labute approximate surface area is 148 Å². The van der Waals surface area contributed by atoms with Crippen LogP contribution in [0.4, 0.5) is 4.79 Å². The molecule has 0 aliphatic carbocycles. The number of piperazine rings is 1. The molecule has 0 bridgehead atoms. The largest absolute Gasteiger partial charge is 0.353 e. The van der Waals surface area contributed by atoms with Crippen molar-refractivity contribution in [1.29, 1.82) is 0 Å². The third kappa shape index (κ3) is 5.86. The quantitative estimate of drug-likeness (QED) is 0.712. The van der Waals surface area contributed by atoms with Crippen LogP contribution >= 0.6 is 0 Å². The lowest BCUT2D eigenvalue weighted by atomic mass is 9.99. The summed E-state index contributed by atoms with van der Waals surface area (Å²) in [6, 6.07) is 8.74. The van der Waals surface area contributed by atoms with Gasteiger partial charge in [0.1, 0.15) is 0 Å². The Bertz CT molecular complexity index is 604. The van der Waals surface area contributed by atoms with Gasteiger partial charge in [-0.15, -0.1) is 0 Å². The monoisotopic (exact) mass is 346 g/mol. The Kier molecular flexibility index (Phi) is 6.94. The summed E-state index contributed by atoms with van der Waals surface area (Å²) in [6.07, 6.45) is 0.176. The SMILES string of the molecule is CC(C)[C@H]1C(=O)NCCN1CCC(=O)NC(=O)NCc1ccccc1. The number of amides is 4. The second-order valence-corrected chi connectivity index (χ2v) is 6.48. The molecular formula is C18H26N4O3. The van der Waals surface area contributed by atoms with Gasteiger partial charge in [-0.05, 0) is 11.5 Å². The van der Waals surface area contributed by atoms with E-state index in [0.29, 0.717) is 26.2 Å². The number of carbonyl (C=O) groups is 3. The lowest BCUT2D eigenvalue weighted by molar-refractivity contribution is -0.132. The molecule has 1 aromatic carbocycles. The number of urea groups is 1. The number of carbonyl (C=O) groups excluding carboxylic acids is 3. The summed E-state index contributed by atoms with van der Waals surface area (Å²) in [4.78, 5) is 37.7. The molecule has 7 heteroatoms. The molecule has 4 amide bonds. The van der Waals surface area contributed by atoms with E-state index in [2.05, 4.69) is 16.0 Å². The van der Waals surface area contributed by atoms with Crippen LogP contribution in [0.2, 0.25) is 0 Å². The molecule has 0 saturated carbocycles.